The third-order valence-corrected chi connectivity index (χ3v) is 7.36. The van der Waals surface area contributed by atoms with Crippen molar-refractivity contribution >= 4 is 52.0 Å². The minimum absolute atomic E-state index is 0.143. The zero-order chi connectivity index (χ0) is 29.4. The lowest BCUT2D eigenvalue weighted by Gasteiger charge is -2.22. The monoisotopic (exact) mass is 574 g/mol. The molecule has 1 aliphatic heterocycles. The number of imide groups is 1. The zero-order valence-electron chi connectivity index (χ0n) is 22.7. The number of amides is 3. The van der Waals surface area contributed by atoms with Crippen LogP contribution in [-0.2, 0) is 16.0 Å². The summed E-state index contributed by atoms with van der Waals surface area (Å²) in [5.74, 6) is -0.524. The van der Waals surface area contributed by atoms with Gasteiger partial charge >= 0.3 is 0 Å². The molecule has 3 aromatic rings. The number of anilines is 2. The molecule has 1 heterocycles. The normalized spacial score (nSPS) is 13.9. The van der Waals surface area contributed by atoms with Gasteiger partial charge in [0.05, 0.1) is 9.83 Å². The minimum Gasteiger partial charge on any atom is -0.483 e. The Hall–Kier alpha value is -4.64. The summed E-state index contributed by atoms with van der Waals surface area (Å²) in [6, 6.07) is 20.7. The van der Waals surface area contributed by atoms with Gasteiger partial charge in [-0.05, 0) is 61.9 Å². The van der Waals surface area contributed by atoms with Gasteiger partial charge in [-0.1, -0.05) is 36.4 Å². The van der Waals surface area contributed by atoms with E-state index in [0.29, 0.717) is 17.7 Å². The molecule has 3 amide bonds. The smallest absolute Gasteiger partial charge is 0.293 e. The van der Waals surface area contributed by atoms with Crippen molar-refractivity contribution in [3.63, 3.8) is 0 Å². The van der Waals surface area contributed by atoms with Gasteiger partial charge in [0.25, 0.3) is 22.7 Å². The van der Waals surface area contributed by atoms with Crippen molar-refractivity contribution in [3.05, 3.63) is 98.9 Å². The largest absolute Gasteiger partial charge is 0.483 e. The molecule has 10 nitrogen and oxygen atoms in total. The fraction of sp³-hybridized carbons (Fsp3) is 0.233. The minimum atomic E-state index is -0.541. The first-order valence-electron chi connectivity index (χ1n) is 13.1. The SMILES string of the molecule is CCN(CC)c1ccc(/C=C2/SC(=O)N(CCc3ccccc3)C2=O)c(OCC(=O)Nc2cccc([N+](=O)[O-])c2)c1. The third kappa shape index (κ3) is 7.52. The van der Waals surface area contributed by atoms with Gasteiger partial charge in [0.2, 0.25) is 0 Å². The van der Waals surface area contributed by atoms with Gasteiger partial charge in [-0.2, -0.15) is 0 Å². The van der Waals surface area contributed by atoms with Gasteiger partial charge in [-0.3, -0.25) is 29.4 Å². The van der Waals surface area contributed by atoms with Crippen LogP contribution in [0.25, 0.3) is 6.08 Å². The molecule has 0 aromatic heterocycles. The number of nitrogens with zero attached hydrogens (tertiary/aromatic N) is 3. The van der Waals surface area contributed by atoms with E-state index >= 15 is 0 Å². The standard InChI is InChI=1S/C30H30N4O6S/c1-3-32(4-2)24-14-13-22(17-27-29(36)33(30(37)41-27)16-15-21-9-6-5-7-10-21)26(19-24)40-20-28(35)31-23-11-8-12-25(18-23)34(38)39/h5-14,17-19H,3-4,15-16,20H2,1-2H3,(H,31,35)/b27-17+. The molecule has 1 saturated heterocycles. The summed E-state index contributed by atoms with van der Waals surface area (Å²) < 4.78 is 5.90. The summed E-state index contributed by atoms with van der Waals surface area (Å²) in [7, 11) is 0. The molecule has 0 atom stereocenters. The molecule has 3 aromatic carbocycles. The van der Waals surface area contributed by atoms with Crippen LogP contribution in [0.5, 0.6) is 5.75 Å². The fourth-order valence-corrected chi connectivity index (χ4v) is 5.17. The van der Waals surface area contributed by atoms with Gasteiger partial charge in [-0.15, -0.1) is 0 Å². The second-order valence-electron chi connectivity index (χ2n) is 9.11. The topological polar surface area (TPSA) is 122 Å². The lowest BCUT2D eigenvalue weighted by atomic mass is 10.1. The van der Waals surface area contributed by atoms with Crippen LogP contribution in [0.1, 0.15) is 25.0 Å². The van der Waals surface area contributed by atoms with Gasteiger partial charge in [0.15, 0.2) is 6.61 Å². The van der Waals surface area contributed by atoms with E-state index in [1.165, 1.54) is 23.1 Å². The first-order valence-corrected chi connectivity index (χ1v) is 14.0. The second kappa shape index (κ2) is 13.6. The molecule has 0 bridgehead atoms. The number of rotatable bonds is 12. The number of benzene rings is 3. The van der Waals surface area contributed by atoms with Gasteiger partial charge < -0.3 is 15.0 Å². The molecule has 41 heavy (non-hydrogen) atoms. The summed E-state index contributed by atoms with van der Waals surface area (Å²) in [5, 5.41) is 13.3. The van der Waals surface area contributed by atoms with Crippen molar-refractivity contribution in [1.29, 1.82) is 0 Å². The Morgan fingerprint density at radius 3 is 2.51 bits per heavy atom. The summed E-state index contributed by atoms with van der Waals surface area (Å²) in [6.07, 6.45) is 2.16. The van der Waals surface area contributed by atoms with Crippen LogP contribution < -0.4 is 15.0 Å². The zero-order valence-corrected chi connectivity index (χ0v) is 23.6. The van der Waals surface area contributed by atoms with Crippen molar-refractivity contribution in [2.24, 2.45) is 0 Å². The van der Waals surface area contributed by atoms with Crippen LogP contribution in [0, 0.1) is 10.1 Å². The van der Waals surface area contributed by atoms with E-state index in [1.54, 1.807) is 24.3 Å². The molecule has 4 rings (SSSR count). The maximum atomic E-state index is 13.1. The van der Waals surface area contributed by atoms with E-state index in [-0.39, 0.29) is 40.6 Å². The molecule has 0 spiro atoms. The van der Waals surface area contributed by atoms with Gasteiger partial charge in [0.1, 0.15) is 5.75 Å². The molecular weight excluding hydrogens is 544 g/mol. The fourth-order valence-electron chi connectivity index (χ4n) is 4.31. The molecular formula is C30H30N4O6S. The van der Waals surface area contributed by atoms with E-state index in [1.807, 2.05) is 50.2 Å². The maximum Gasteiger partial charge on any atom is 0.293 e. The number of nitro benzene ring substituents is 1. The summed E-state index contributed by atoms with van der Waals surface area (Å²) in [5.41, 5.74) is 2.57. The Bertz CT molecular complexity index is 1470. The quantitative estimate of drug-likeness (QED) is 0.165. The highest BCUT2D eigenvalue weighted by atomic mass is 32.2. The van der Waals surface area contributed by atoms with Crippen LogP contribution in [-0.4, -0.2) is 53.1 Å². The molecule has 1 N–H and O–H groups in total. The molecule has 1 fully saturated rings. The lowest BCUT2D eigenvalue weighted by molar-refractivity contribution is -0.384. The summed E-state index contributed by atoms with van der Waals surface area (Å²) in [4.78, 5) is 52.5. The highest BCUT2D eigenvalue weighted by molar-refractivity contribution is 8.18. The number of carbonyl (C=O) groups excluding carboxylic acids is 3. The number of thioether (sulfide) groups is 1. The Kier molecular flexibility index (Phi) is 9.75. The van der Waals surface area contributed by atoms with Crippen LogP contribution in [0.3, 0.4) is 0 Å². The maximum absolute atomic E-state index is 13.1. The molecule has 1 aliphatic rings. The van der Waals surface area contributed by atoms with Crippen LogP contribution in [0.15, 0.2) is 77.7 Å². The molecule has 0 saturated carbocycles. The number of nitrogens with one attached hydrogen (secondary N) is 1. The van der Waals surface area contributed by atoms with Crippen molar-refractivity contribution in [2.75, 3.05) is 36.5 Å². The predicted octanol–water partition coefficient (Wildman–Crippen LogP) is 5.74. The highest BCUT2D eigenvalue weighted by Gasteiger charge is 2.34. The first-order chi connectivity index (χ1) is 19.8. The Morgan fingerprint density at radius 1 is 1.05 bits per heavy atom. The predicted molar refractivity (Wildman–Crippen MR) is 160 cm³/mol. The molecule has 0 unspecified atom stereocenters. The third-order valence-electron chi connectivity index (χ3n) is 6.45. The number of nitro groups is 1. The van der Waals surface area contributed by atoms with E-state index in [4.69, 9.17) is 4.74 Å². The van der Waals surface area contributed by atoms with E-state index < -0.39 is 10.8 Å². The molecule has 0 radical (unpaired) electrons. The molecule has 0 aliphatic carbocycles. The van der Waals surface area contributed by atoms with Crippen molar-refractivity contribution in [1.82, 2.24) is 4.90 Å². The van der Waals surface area contributed by atoms with Crippen LogP contribution >= 0.6 is 11.8 Å². The van der Waals surface area contributed by atoms with E-state index in [2.05, 4.69) is 10.2 Å². The van der Waals surface area contributed by atoms with Crippen molar-refractivity contribution in [3.8, 4) is 5.75 Å². The number of non-ortho nitro benzene ring substituents is 1. The van der Waals surface area contributed by atoms with E-state index in [9.17, 15) is 24.5 Å². The number of hydrogen-bond donors (Lipinski definition) is 1. The Morgan fingerprint density at radius 2 is 1.80 bits per heavy atom. The summed E-state index contributed by atoms with van der Waals surface area (Å²) >= 11 is 0.868. The lowest BCUT2D eigenvalue weighted by Crippen LogP contribution is -2.30. The molecule has 212 valence electrons. The van der Waals surface area contributed by atoms with Gasteiger partial charge in [0, 0.05) is 54.8 Å². The van der Waals surface area contributed by atoms with Crippen molar-refractivity contribution < 1.29 is 24.0 Å². The van der Waals surface area contributed by atoms with Crippen LogP contribution in [0.2, 0.25) is 0 Å². The van der Waals surface area contributed by atoms with Crippen molar-refractivity contribution in [2.45, 2.75) is 20.3 Å². The van der Waals surface area contributed by atoms with Crippen LogP contribution in [0.4, 0.5) is 21.9 Å². The first kappa shape index (κ1) is 29.3. The highest BCUT2D eigenvalue weighted by Crippen LogP contribution is 2.35. The number of carbonyl (C=O) groups is 3. The Labute approximate surface area is 242 Å². The average Bonchev–Trinajstić information content (AvgIpc) is 3.24. The Balaban J connectivity index is 1.52. The number of hydrogen-bond acceptors (Lipinski definition) is 8. The summed E-state index contributed by atoms with van der Waals surface area (Å²) in [6.45, 7) is 5.45. The molecule has 11 heteroatoms. The second-order valence-corrected chi connectivity index (χ2v) is 10.1. The van der Waals surface area contributed by atoms with Gasteiger partial charge in [-0.25, -0.2) is 0 Å². The number of ether oxygens (including phenoxy) is 1. The average molecular weight is 575 g/mol. The van der Waals surface area contributed by atoms with E-state index in [0.717, 1.165) is 36.1 Å².